The first-order valence-corrected chi connectivity index (χ1v) is 6.95. The molecule has 0 amide bonds. The molecule has 0 bridgehead atoms. The highest BCUT2D eigenvalue weighted by Crippen LogP contribution is 2.33. The number of hydrogen-bond donors (Lipinski definition) is 1. The van der Waals surface area contributed by atoms with Gasteiger partial charge in [0.2, 0.25) is 0 Å². The summed E-state index contributed by atoms with van der Waals surface area (Å²) in [5, 5.41) is 9.63. The van der Waals surface area contributed by atoms with Crippen LogP contribution in [0.2, 0.25) is 5.02 Å². The maximum Gasteiger partial charge on any atom is 0.336 e. The van der Waals surface area contributed by atoms with Crippen molar-refractivity contribution in [2.24, 2.45) is 0 Å². The highest BCUT2D eigenvalue weighted by Gasteiger charge is 2.12. The first-order chi connectivity index (χ1) is 8.97. The monoisotopic (exact) mass is 292 g/mol. The second kappa shape index (κ2) is 5.68. The second-order valence-electron chi connectivity index (χ2n) is 4.29. The molecule has 0 aromatic heterocycles. The number of carbonyl (C=O) groups is 1. The molecule has 2 nitrogen and oxygen atoms in total. The fraction of sp³-hybridized carbons (Fsp3) is 0.133. The fourth-order valence-electron chi connectivity index (χ4n) is 1.66. The van der Waals surface area contributed by atoms with Gasteiger partial charge in [-0.2, -0.15) is 0 Å². The molecule has 19 heavy (non-hydrogen) atoms. The van der Waals surface area contributed by atoms with E-state index in [9.17, 15) is 9.90 Å². The Balaban J connectivity index is 2.37. The van der Waals surface area contributed by atoms with Gasteiger partial charge in [-0.3, -0.25) is 0 Å². The number of halogens is 1. The van der Waals surface area contributed by atoms with Crippen molar-refractivity contribution in [3.05, 3.63) is 58.1 Å². The van der Waals surface area contributed by atoms with E-state index < -0.39 is 5.97 Å². The van der Waals surface area contributed by atoms with E-state index in [4.69, 9.17) is 11.6 Å². The Morgan fingerprint density at radius 2 is 1.84 bits per heavy atom. The Hall–Kier alpha value is -1.45. The number of carboxylic acid groups (broad SMARTS) is 1. The van der Waals surface area contributed by atoms with Crippen molar-refractivity contribution in [1.82, 2.24) is 0 Å². The number of aryl methyl sites for hydroxylation is 2. The topological polar surface area (TPSA) is 37.3 Å². The van der Waals surface area contributed by atoms with Crippen LogP contribution < -0.4 is 0 Å². The third-order valence-corrected chi connectivity index (χ3v) is 4.18. The van der Waals surface area contributed by atoms with Crippen molar-refractivity contribution in [2.75, 3.05) is 0 Å². The molecule has 1 N–H and O–H groups in total. The van der Waals surface area contributed by atoms with Gasteiger partial charge in [0.25, 0.3) is 0 Å². The molecule has 0 heterocycles. The summed E-state index contributed by atoms with van der Waals surface area (Å²) >= 11 is 7.27. The van der Waals surface area contributed by atoms with Crippen LogP contribution in [0.15, 0.2) is 46.2 Å². The molecule has 0 aliphatic carbocycles. The molecule has 0 saturated heterocycles. The molecule has 0 spiro atoms. The summed E-state index contributed by atoms with van der Waals surface area (Å²) in [6.45, 7) is 4.09. The van der Waals surface area contributed by atoms with Gasteiger partial charge in [0.05, 0.1) is 5.56 Å². The lowest BCUT2D eigenvalue weighted by Crippen LogP contribution is -1.98. The standard InChI is InChI=1S/C15H13ClO2S/c1-9-3-5-12(7-10(9)2)19-14-6-4-11(16)8-13(14)15(17)18/h3-8H,1-2H3,(H,17,18). The van der Waals surface area contributed by atoms with Crippen molar-refractivity contribution in [3.63, 3.8) is 0 Å². The zero-order chi connectivity index (χ0) is 14.0. The largest absolute Gasteiger partial charge is 0.478 e. The molecular weight excluding hydrogens is 280 g/mol. The van der Waals surface area contributed by atoms with Crippen LogP contribution in [-0.2, 0) is 0 Å². The van der Waals surface area contributed by atoms with Crippen LogP contribution in [-0.4, -0.2) is 11.1 Å². The lowest BCUT2D eigenvalue weighted by Gasteiger charge is -2.08. The molecule has 0 saturated carbocycles. The predicted molar refractivity (Wildman–Crippen MR) is 78.5 cm³/mol. The number of hydrogen-bond acceptors (Lipinski definition) is 2. The van der Waals surface area contributed by atoms with Gasteiger partial charge < -0.3 is 5.11 Å². The van der Waals surface area contributed by atoms with Gasteiger partial charge in [0.15, 0.2) is 0 Å². The van der Waals surface area contributed by atoms with Crippen LogP contribution in [0.1, 0.15) is 21.5 Å². The molecule has 0 unspecified atom stereocenters. The van der Waals surface area contributed by atoms with Crippen LogP contribution in [0.25, 0.3) is 0 Å². The third kappa shape index (κ3) is 3.31. The Kier molecular flexibility index (Phi) is 4.17. The molecule has 0 aliphatic rings. The minimum Gasteiger partial charge on any atom is -0.478 e. The zero-order valence-corrected chi connectivity index (χ0v) is 12.2. The maximum atomic E-state index is 11.2. The summed E-state index contributed by atoms with van der Waals surface area (Å²) in [7, 11) is 0. The molecule has 0 radical (unpaired) electrons. The summed E-state index contributed by atoms with van der Waals surface area (Å²) in [5.41, 5.74) is 2.64. The molecule has 0 atom stereocenters. The van der Waals surface area contributed by atoms with Crippen molar-refractivity contribution in [2.45, 2.75) is 23.6 Å². The minimum absolute atomic E-state index is 0.232. The normalized spacial score (nSPS) is 10.5. The van der Waals surface area contributed by atoms with Crippen LogP contribution in [0, 0.1) is 13.8 Å². The number of carboxylic acids is 1. The average molecular weight is 293 g/mol. The zero-order valence-electron chi connectivity index (χ0n) is 10.6. The van der Waals surface area contributed by atoms with Crippen molar-refractivity contribution >= 4 is 29.3 Å². The summed E-state index contributed by atoms with van der Waals surface area (Å²) in [6.07, 6.45) is 0. The maximum absolute atomic E-state index is 11.2. The lowest BCUT2D eigenvalue weighted by atomic mass is 10.1. The number of benzene rings is 2. The van der Waals surface area contributed by atoms with Gasteiger partial charge in [-0.1, -0.05) is 29.4 Å². The molecule has 98 valence electrons. The van der Waals surface area contributed by atoms with Gasteiger partial charge in [-0.25, -0.2) is 4.79 Å². The first-order valence-electron chi connectivity index (χ1n) is 5.75. The Bertz CT molecular complexity index is 638. The van der Waals surface area contributed by atoms with Gasteiger partial charge in [0, 0.05) is 14.8 Å². The van der Waals surface area contributed by atoms with Crippen molar-refractivity contribution < 1.29 is 9.90 Å². The SMILES string of the molecule is Cc1ccc(Sc2ccc(Cl)cc2C(=O)O)cc1C. The first kappa shape index (κ1) is 14.0. The summed E-state index contributed by atoms with van der Waals surface area (Å²) in [6, 6.07) is 11.0. The molecule has 2 rings (SSSR count). The van der Waals surface area contributed by atoms with Crippen LogP contribution >= 0.6 is 23.4 Å². The van der Waals surface area contributed by atoms with Crippen LogP contribution in [0.3, 0.4) is 0 Å². The van der Waals surface area contributed by atoms with E-state index in [1.807, 2.05) is 19.1 Å². The number of aromatic carboxylic acids is 1. The highest BCUT2D eigenvalue weighted by molar-refractivity contribution is 7.99. The number of rotatable bonds is 3. The van der Waals surface area contributed by atoms with E-state index in [1.54, 1.807) is 12.1 Å². The van der Waals surface area contributed by atoms with Crippen molar-refractivity contribution in [1.29, 1.82) is 0 Å². The van der Waals surface area contributed by atoms with Gasteiger partial charge >= 0.3 is 5.97 Å². The predicted octanol–water partition coefficient (Wildman–Crippen LogP) is 4.81. The Morgan fingerprint density at radius 1 is 1.11 bits per heavy atom. The van der Waals surface area contributed by atoms with E-state index in [2.05, 4.69) is 13.0 Å². The molecule has 2 aromatic rings. The fourth-order valence-corrected chi connectivity index (χ4v) is 2.85. The smallest absolute Gasteiger partial charge is 0.336 e. The molecule has 0 fully saturated rings. The van der Waals surface area contributed by atoms with Gasteiger partial charge in [-0.05, 0) is 55.3 Å². The van der Waals surface area contributed by atoms with E-state index >= 15 is 0 Å². The second-order valence-corrected chi connectivity index (χ2v) is 5.85. The van der Waals surface area contributed by atoms with Gasteiger partial charge in [0.1, 0.15) is 0 Å². The van der Waals surface area contributed by atoms with E-state index in [-0.39, 0.29) is 5.56 Å². The van der Waals surface area contributed by atoms with Crippen molar-refractivity contribution in [3.8, 4) is 0 Å². The third-order valence-electron chi connectivity index (χ3n) is 2.88. The van der Waals surface area contributed by atoms with E-state index in [0.717, 1.165) is 4.90 Å². The molecular formula is C15H13ClO2S. The lowest BCUT2D eigenvalue weighted by molar-refractivity contribution is 0.0693. The molecule has 2 aromatic carbocycles. The van der Waals surface area contributed by atoms with Crippen LogP contribution in [0.4, 0.5) is 0 Å². The molecule has 4 heteroatoms. The highest BCUT2D eigenvalue weighted by atomic mass is 35.5. The average Bonchev–Trinajstić information content (AvgIpc) is 2.36. The van der Waals surface area contributed by atoms with E-state index in [0.29, 0.717) is 9.92 Å². The molecule has 0 aliphatic heterocycles. The summed E-state index contributed by atoms with van der Waals surface area (Å²) in [4.78, 5) is 12.9. The van der Waals surface area contributed by atoms with E-state index in [1.165, 1.54) is 29.0 Å². The minimum atomic E-state index is -0.964. The quantitative estimate of drug-likeness (QED) is 0.882. The summed E-state index contributed by atoms with van der Waals surface area (Å²) in [5.74, 6) is -0.964. The summed E-state index contributed by atoms with van der Waals surface area (Å²) < 4.78 is 0. The Labute approximate surface area is 121 Å². The van der Waals surface area contributed by atoms with Gasteiger partial charge in [-0.15, -0.1) is 0 Å². The Morgan fingerprint density at radius 3 is 2.47 bits per heavy atom. The van der Waals surface area contributed by atoms with Crippen LogP contribution in [0.5, 0.6) is 0 Å².